The van der Waals surface area contributed by atoms with Crippen LogP contribution in [0.5, 0.6) is 0 Å². The highest BCUT2D eigenvalue weighted by Gasteiger charge is 2.03. The second kappa shape index (κ2) is 8.48. The van der Waals surface area contributed by atoms with Gasteiger partial charge < -0.3 is 10.0 Å². The molecule has 3 heteroatoms. The van der Waals surface area contributed by atoms with Gasteiger partial charge in [0.05, 0.1) is 0 Å². The Kier molecular flexibility index (Phi) is 8.01. The minimum absolute atomic E-state index is 0.537. The van der Waals surface area contributed by atoms with Gasteiger partial charge in [0.2, 0.25) is 0 Å². The third kappa shape index (κ3) is 6.28. The lowest BCUT2D eigenvalue weighted by molar-refractivity contribution is -0.132. The monoisotopic (exact) mass is 213 g/mol. The first-order valence-electron chi connectivity index (χ1n) is 5.80. The number of nitrogens with zero attached hydrogens (tertiary/aromatic N) is 1. The van der Waals surface area contributed by atoms with Crippen LogP contribution in [0.4, 0.5) is 0 Å². The van der Waals surface area contributed by atoms with Gasteiger partial charge in [-0.1, -0.05) is 26.8 Å². The van der Waals surface area contributed by atoms with Crippen molar-refractivity contribution in [2.45, 2.75) is 40.0 Å². The van der Waals surface area contributed by atoms with Crippen molar-refractivity contribution in [1.29, 1.82) is 0 Å². The minimum atomic E-state index is -0.777. The fraction of sp³-hybridized carbons (Fsp3) is 0.750. The topological polar surface area (TPSA) is 40.5 Å². The van der Waals surface area contributed by atoms with Crippen molar-refractivity contribution in [3.63, 3.8) is 0 Å². The van der Waals surface area contributed by atoms with Crippen molar-refractivity contribution in [3.8, 4) is 0 Å². The number of rotatable bonds is 8. The summed E-state index contributed by atoms with van der Waals surface area (Å²) in [5, 5.41) is 8.80. The van der Waals surface area contributed by atoms with Crippen LogP contribution in [0.3, 0.4) is 0 Å². The first-order chi connectivity index (χ1) is 7.15. The second-order valence-electron chi connectivity index (χ2n) is 3.56. The summed E-state index contributed by atoms with van der Waals surface area (Å²) < 4.78 is 0. The highest BCUT2D eigenvalue weighted by atomic mass is 16.4. The molecular weight excluding hydrogens is 190 g/mol. The van der Waals surface area contributed by atoms with Gasteiger partial charge in [0, 0.05) is 5.57 Å². The number of carboxylic acids is 1. The number of carbonyl (C=O) groups is 1. The van der Waals surface area contributed by atoms with Crippen molar-refractivity contribution in [3.05, 3.63) is 11.6 Å². The van der Waals surface area contributed by atoms with Crippen LogP contribution in [-0.2, 0) is 4.79 Å². The van der Waals surface area contributed by atoms with Gasteiger partial charge in [0.1, 0.15) is 0 Å². The fourth-order valence-corrected chi connectivity index (χ4v) is 1.51. The average Bonchev–Trinajstić information content (AvgIpc) is 2.23. The molecule has 0 heterocycles. The SMILES string of the molecule is CCC(=CCCCN(CC)CC)C(=O)O. The molecule has 88 valence electrons. The van der Waals surface area contributed by atoms with Crippen molar-refractivity contribution < 1.29 is 9.90 Å². The lowest BCUT2D eigenvalue weighted by atomic mass is 10.1. The van der Waals surface area contributed by atoms with Gasteiger partial charge in [-0.25, -0.2) is 4.79 Å². The van der Waals surface area contributed by atoms with Crippen molar-refractivity contribution in [2.24, 2.45) is 0 Å². The second-order valence-corrected chi connectivity index (χ2v) is 3.56. The van der Waals surface area contributed by atoms with Crippen LogP contribution in [0, 0.1) is 0 Å². The number of hydrogen-bond acceptors (Lipinski definition) is 2. The van der Waals surface area contributed by atoms with E-state index in [1.807, 2.05) is 13.0 Å². The van der Waals surface area contributed by atoms with Crippen LogP contribution in [-0.4, -0.2) is 35.6 Å². The van der Waals surface area contributed by atoms with Crippen LogP contribution >= 0.6 is 0 Å². The molecule has 0 spiro atoms. The molecule has 1 N–H and O–H groups in total. The van der Waals surface area contributed by atoms with Crippen LogP contribution in [0.1, 0.15) is 40.0 Å². The van der Waals surface area contributed by atoms with E-state index in [1.54, 1.807) is 0 Å². The highest BCUT2D eigenvalue weighted by Crippen LogP contribution is 2.04. The quantitative estimate of drug-likeness (QED) is 0.497. The Labute approximate surface area is 92.8 Å². The van der Waals surface area contributed by atoms with E-state index >= 15 is 0 Å². The third-order valence-electron chi connectivity index (χ3n) is 2.62. The van der Waals surface area contributed by atoms with Crippen LogP contribution in [0.2, 0.25) is 0 Å². The molecule has 0 bridgehead atoms. The Morgan fingerprint density at radius 3 is 2.27 bits per heavy atom. The van der Waals surface area contributed by atoms with E-state index in [4.69, 9.17) is 5.11 Å². The number of aliphatic carboxylic acids is 1. The molecule has 0 aliphatic rings. The normalized spacial score (nSPS) is 12.1. The zero-order valence-corrected chi connectivity index (χ0v) is 10.1. The van der Waals surface area contributed by atoms with E-state index < -0.39 is 5.97 Å². The summed E-state index contributed by atoms with van der Waals surface area (Å²) in [5.41, 5.74) is 0.537. The Morgan fingerprint density at radius 2 is 1.87 bits per heavy atom. The van der Waals surface area contributed by atoms with Gasteiger partial charge in [0.25, 0.3) is 0 Å². The number of allylic oxidation sites excluding steroid dienone is 1. The Hall–Kier alpha value is -0.830. The molecule has 0 amide bonds. The minimum Gasteiger partial charge on any atom is -0.478 e. The van der Waals surface area contributed by atoms with E-state index in [0.717, 1.165) is 32.5 Å². The lowest BCUT2D eigenvalue weighted by Gasteiger charge is -2.16. The van der Waals surface area contributed by atoms with Gasteiger partial charge in [-0.15, -0.1) is 0 Å². The summed E-state index contributed by atoms with van der Waals surface area (Å²) in [7, 11) is 0. The molecule has 0 rings (SSSR count). The van der Waals surface area contributed by atoms with Crippen LogP contribution in [0.15, 0.2) is 11.6 Å². The highest BCUT2D eigenvalue weighted by molar-refractivity contribution is 5.86. The molecular formula is C12H23NO2. The predicted molar refractivity (Wildman–Crippen MR) is 63.0 cm³/mol. The van der Waals surface area contributed by atoms with Gasteiger partial charge >= 0.3 is 5.97 Å². The molecule has 0 aliphatic heterocycles. The maximum absolute atomic E-state index is 10.7. The molecule has 3 nitrogen and oxygen atoms in total. The van der Waals surface area contributed by atoms with E-state index in [-0.39, 0.29) is 0 Å². The first kappa shape index (κ1) is 14.2. The van der Waals surface area contributed by atoms with Gasteiger partial charge in [-0.3, -0.25) is 0 Å². The molecule has 0 aromatic heterocycles. The summed E-state index contributed by atoms with van der Waals surface area (Å²) in [6.45, 7) is 9.37. The van der Waals surface area contributed by atoms with Gasteiger partial charge in [-0.2, -0.15) is 0 Å². The lowest BCUT2D eigenvalue weighted by Crippen LogP contribution is -2.23. The third-order valence-corrected chi connectivity index (χ3v) is 2.62. The molecule has 0 aromatic carbocycles. The summed E-state index contributed by atoms with van der Waals surface area (Å²) in [5.74, 6) is -0.777. The van der Waals surface area contributed by atoms with Crippen molar-refractivity contribution >= 4 is 5.97 Å². The van der Waals surface area contributed by atoms with E-state index in [0.29, 0.717) is 12.0 Å². The first-order valence-corrected chi connectivity index (χ1v) is 5.80. The maximum Gasteiger partial charge on any atom is 0.331 e. The molecule has 15 heavy (non-hydrogen) atoms. The largest absolute Gasteiger partial charge is 0.478 e. The smallest absolute Gasteiger partial charge is 0.331 e. The summed E-state index contributed by atoms with van der Waals surface area (Å²) in [6, 6.07) is 0. The standard InChI is InChI=1S/C12H23NO2/c1-4-11(12(14)15)9-7-8-10-13(5-2)6-3/h9H,4-8,10H2,1-3H3,(H,14,15). The molecule has 0 fully saturated rings. The number of hydrogen-bond donors (Lipinski definition) is 1. The van der Waals surface area contributed by atoms with Gasteiger partial charge in [-0.05, 0) is 38.9 Å². The zero-order valence-electron chi connectivity index (χ0n) is 10.1. The zero-order chi connectivity index (χ0) is 11.7. The molecule has 0 unspecified atom stereocenters. The summed E-state index contributed by atoms with van der Waals surface area (Å²) in [6.07, 6.45) is 4.37. The molecule has 0 radical (unpaired) electrons. The molecule has 0 aromatic rings. The van der Waals surface area contributed by atoms with E-state index in [1.165, 1.54) is 0 Å². The van der Waals surface area contributed by atoms with Crippen molar-refractivity contribution in [2.75, 3.05) is 19.6 Å². The molecule has 0 aliphatic carbocycles. The molecule has 0 saturated heterocycles. The van der Waals surface area contributed by atoms with Crippen LogP contribution < -0.4 is 0 Å². The Balaban J connectivity index is 3.81. The fourth-order valence-electron chi connectivity index (χ4n) is 1.51. The van der Waals surface area contributed by atoms with E-state index in [9.17, 15) is 4.79 Å². The van der Waals surface area contributed by atoms with Crippen LogP contribution in [0.25, 0.3) is 0 Å². The maximum atomic E-state index is 10.7. The number of unbranched alkanes of at least 4 members (excludes halogenated alkanes) is 1. The number of carboxylic acid groups (broad SMARTS) is 1. The Morgan fingerprint density at radius 1 is 1.27 bits per heavy atom. The Bertz CT molecular complexity index is 208. The predicted octanol–water partition coefficient (Wildman–Crippen LogP) is 2.53. The molecule has 0 saturated carbocycles. The summed E-state index contributed by atoms with van der Waals surface area (Å²) in [4.78, 5) is 13.0. The summed E-state index contributed by atoms with van der Waals surface area (Å²) >= 11 is 0. The molecule has 0 atom stereocenters. The average molecular weight is 213 g/mol. The van der Waals surface area contributed by atoms with E-state index in [2.05, 4.69) is 18.7 Å². The van der Waals surface area contributed by atoms with Crippen molar-refractivity contribution in [1.82, 2.24) is 4.90 Å². The van der Waals surface area contributed by atoms with Gasteiger partial charge in [0.15, 0.2) is 0 Å².